The number of hydrogen-bond donors (Lipinski definition) is 4. The number of rotatable bonds is 12. The first kappa shape index (κ1) is 45.7. The highest BCUT2D eigenvalue weighted by Gasteiger charge is 2.41. The lowest BCUT2D eigenvalue weighted by atomic mass is 10.0. The number of esters is 1. The van der Waals surface area contributed by atoms with Crippen LogP contribution in [0.2, 0.25) is 5.02 Å². The number of anilines is 3. The number of nitrogens with one attached hydrogen (secondary N) is 3. The highest BCUT2D eigenvalue weighted by molar-refractivity contribution is 6.41. The molecule has 0 saturated carbocycles. The van der Waals surface area contributed by atoms with E-state index in [-0.39, 0.29) is 49.2 Å². The summed E-state index contributed by atoms with van der Waals surface area (Å²) >= 11 is 6.34. The Kier molecular flexibility index (Phi) is 13.5. The van der Waals surface area contributed by atoms with Crippen molar-refractivity contribution < 1.29 is 43.3 Å². The van der Waals surface area contributed by atoms with E-state index in [1.165, 1.54) is 39.0 Å². The highest BCUT2D eigenvalue weighted by atomic mass is 35.5. The summed E-state index contributed by atoms with van der Waals surface area (Å²) in [5, 5.41) is 29.5. The van der Waals surface area contributed by atoms with Crippen LogP contribution in [0.4, 0.5) is 26.7 Å². The minimum absolute atomic E-state index is 0.0198. The number of aliphatic hydroxyl groups excluding tert-OH is 1. The maximum Gasteiger partial charge on any atom is 0.419 e. The summed E-state index contributed by atoms with van der Waals surface area (Å²) in [5.74, 6) is -3.28. The van der Waals surface area contributed by atoms with Crippen molar-refractivity contribution in [3.05, 3.63) is 89.3 Å². The van der Waals surface area contributed by atoms with Gasteiger partial charge in [-0.2, -0.15) is 4.68 Å². The van der Waals surface area contributed by atoms with E-state index in [2.05, 4.69) is 31.5 Å². The van der Waals surface area contributed by atoms with Crippen molar-refractivity contribution in [2.24, 2.45) is 0 Å². The molecule has 2 aromatic heterocycles. The molecule has 2 unspecified atom stereocenters. The van der Waals surface area contributed by atoms with Gasteiger partial charge in [0, 0.05) is 53.9 Å². The molecule has 20 heteroatoms. The molecule has 5 aromatic rings. The first-order chi connectivity index (χ1) is 29.7. The Morgan fingerprint density at radius 3 is 2.19 bits per heavy atom. The van der Waals surface area contributed by atoms with Crippen LogP contribution in [-0.4, -0.2) is 114 Å². The van der Waals surface area contributed by atoms with Crippen LogP contribution >= 0.6 is 11.6 Å². The second kappa shape index (κ2) is 18.6. The Morgan fingerprint density at radius 1 is 0.841 bits per heavy atom. The molecule has 3 aromatic carbocycles. The van der Waals surface area contributed by atoms with Crippen molar-refractivity contribution >= 4 is 75.4 Å². The normalized spacial score (nSPS) is 14.3. The number of urea groups is 1. The fourth-order valence-corrected chi connectivity index (χ4v) is 6.97. The van der Waals surface area contributed by atoms with Gasteiger partial charge in [0.15, 0.2) is 0 Å². The number of tetrazole rings is 1. The molecule has 0 aliphatic carbocycles. The van der Waals surface area contributed by atoms with Crippen LogP contribution in [0.25, 0.3) is 16.6 Å². The summed E-state index contributed by atoms with van der Waals surface area (Å²) in [5.41, 5.74) is 0.444. The molecule has 5 amide bonds. The van der Waals surface area contributed by atoms with E-state index in [0.29, 0.717) is 39.3 Å². The standard InChI is InChI=1S/C43H49ClN10O9/c1-25(16-19-55)46-40(60)48-29-11-8-26(9-12-29)20-34(52-18-17-51(37(57)38(52)58)33-23-28(44)10-14-32(33)53-24-45-49-50-53)36(56)47-30-13-15-31-27(21-30)22-35(39(59)62-42(2,3)4)54(31)41(61)63-43(5,6)7/h8-15,21-25,34,55H,16-20H2,1-7H3,(H,47,56)(H2,46,48,60). The first-order valence-corrected chi connectivity index (χ1v) is 20.4. The Labute approximate surface area is 367 Å². The maximum absolute atomic E-state index is 14.5. The minimum Gasteiger partial charge on any atom is -0.455 e. The van der Waals surface area contributed by atoms with Gasteiger partial charge in [0.05, 0.1) is 16.9 Å². The number of aromatic nitrogens is 5. The van der Waals surface area contributed by atoms with Gasteiger partial charge in [0.25, 0.3) is 0 Å². The molecule has 4 N–H and O–H groups in total. The molecule has 63 heavy (non-hydrogen) atoms. The lowest BCUT2D eigenvalue weighted by Gasteiger charge is -2.38. The van der Waals surface area contributed by atoms with Crippen molar-refractivity contribution in [1.82, 2.24) is 35.0 Å². The SMILES string of the molecule is CC(CCO)NC(=O)Nc1ccc(CC(C(=O)Nc2ccc3c(c2)cc(C(=O)OC(C)(C)C)n3C(=O)OC(C)(C)C)N2CCN(c3cc(Cl)ccc3-n3cnnn3)C(=O)C2=O)cc1. The van der Waals surface area contributed by atoms with Crippen LogP contribution in [0.5, 0.6) is 0 Å². The van der Waals surface area contributed by atoms with Gasteiger partial charge in [-0.3, -0.25) is 14.4 Å². The number of fused-ring (bicyclic) bond motifs is 1. The summed E-state index contributed by atoms with van der Waals surface area (Å²) in [6, 6.07) is 15.5. The fraction of sp³-hybridized carbons (Fsp3) is 0.372. The molecule has 0 spiro atoms. The molecule has 2 atom stereocenters. The van der Waals surface area contributed by atoms with Crippen molar-refractivity contribution in [2.45, 2.75) is 84.6 Å². The molecular formula is C43H49ClN10O9. The third kappa shape index (κ3) is 11.2. The van der Waals surface area contributed by atoms with Crippen molar-refractivity contribution in [2.75, 3.05) is 35.2 Å². The summed E-state index contributed by atoms with van der Waals surface area (Å²) in [6.07, 6.45) is 0.865. The van der Waals surface area contributed by atoms with Gasteiger partial charge in [-0.15, -0.1) is 5.10 Å². The van der Waals surface area contributed by atoms with E-state index in [1.807, 2.05) is 0 Å². The van der Waals surface area contributed by atoms with E-state index < -0.39 is 53.1 Å². The molecule has 0 bridgehead atoms. The number of benzene rings is 3. The lowest BCUT2D eigenvalue weighted by molar-refractivity contribution is -0.149. The first-order valence-electron chi connectivity index (χ1n) is 20.1. The van der Waals surface area contributed by atoms with E-state index in [4.69, 9.17) is 21.1 Å². The number of aliphatic hydroxyl groups is 1. The van der Waals surface area contributed by atoms with Crippen LogP contribution in [0.3, 0.4) is 0 Å². The third-order valence-electron chi connectivity index (χ3n) is 9.59. The molecular weight excluding hydrogens is 836 g/mol. The van der Waals surface area contributed by atoms with Crippen LogP contribution in [0.1, 0.15) is 70.9 Å². The zero-order valence-corrected chi connectivity index (χ0v) is 36.6. The number of amides is 5. The number of carbonyl (C=O) groups excluding carboxylic acids is 6. The Morgan fingerprint density at radius 2 is 1.54 bits per heavy atom. The van der Waals surface area contributed by atoms with Crippen LogP contribution in [0, 0.1) is 0 Å². The van der Waals surface area contributed by atoms with Crippen molar-refractivity contribution in [1.29, 1.82) is 0 Å². The number of hydrogen-bond acceptors (Lipinski definition) is 12. The number of ether oxygens (including phenoxy) is 2. The zero-order valence-electron chi connectivity index (χ0n) is 35.8. The highest BCUT2D eigenvalue weighted by Crippen LogP contribution is 2.31. The van der Waals surface area contributed by atoms with Gasteiger partial charge in [-0.25, -0.2) is 19.0 Å². The summed E-state index contributed by atoms with van der Waals surface area (Å²) in [6.45, 7) is 11.8. The average molecular weight is 885 g/mol. The number of piperazine rings is 1. The molecule has 19 nitrogen and oxygen atoms in total. The molecule has 1 aliphatic heterocycles. The number of carbonyl (C=O) groups is 6. The molecule has 0 radical (unpaired) electrons. The van der Waals surface area contributed by atoms with E-state index in [9.17, 15) is 33.9 Å². The van der Waals surface area contributed by atoms with Gasteiger partial charge in [0.2, 0.25) is 5.91 Å². The zero-order chi connectivity index (χ0) is 45.8. The quantitative estimate of drug-likeness (QED) is 0.0921. The molecule has 1 saturated heterocycles. The second-order valence-electron chi connectivity index (χ2n) is 16.9. The lowest BCUT2D eigenvalue weighted by Crippen LogP contribution is -2.60. The number of halogens is 1. The predicted molar refractivity (Wildman–Crippen MR) is 233 cm³/mol. The monoisotopic (exact) mass is 884 g/mol. The molecule has 3 heterocycles. The van der Waals surface area contributed by atoms with Gasteiger partial charge >= 0.3 is 29.9 Å². The topological polar surface area (TPSA) is 232 Å². The fourth-order valence-electron chi connectivity index (χ4n) is 6.81. The maximum atomic E-state index is 14.5. The predicted octanol–water partition coefficient (Wildman–Crippen LogP) is 5.33. The van der Waals surface area contributed by atoms with Gasteiger partial charge in [0.1, 0.15) is 29.3 Å². The minimum atomic E-state index is -1.23. The summed E-state index contributed by atoms with van der Waals surface area (Å²) in [4.78, 5) is 84.5. The van der Waals surface area contributed by atoms with Gasteiger partial charge in [-0.1, -0.05) is 23.7 Å². The van der Waals surface area contributed by atoms with Crippen LogP contribution in [0.15, 0.2) is 73.1 Å². The van der Waals surface area contributed by atoms with Crippen molar-refractivity contribution in [3.8, 4) is 5.69 Å². The molecule has 1 aliphatic rings. The third-order valence-corrected chi connectivity index (χ3v) is 9.83. The molecule has 6 rings (SSSR count). The van der Waals surface area contributed by atoms with Crippen molar-refractivity contribution in [3.63, 3.8) is 0 Å². The van der Waals surface area contributed by atoms with E-state index >= 15 is 0 Å². The smallest absolute Gasteiger partial charge is 0.419 e. The average Bonchev–Trinajstić information content (AvgIpc) is 3.86. The number of nitrogens with zero attached hydrogens (tertiary/aromatic N) is 7. The summed E-state index contributed by atoms with van der Waals surface area (Å²) < 4.78 is 13.7. The Balaban J connectivity index is 1.31. The Bertz CT molecular complexity index is 2530. The van der Waals surface area contributed by atoms with E-state index in [1.54, 1.807) is 97.0 Å². The largest absolute Gasteiger partial charge is 0.455 e. The second-order valence-corrected chi connectivity index (χ2v) is 17.3. The van der Waals surface area contributed by atoms with E-state index in [0.717, 1.165) is 4.57 Å². The van der Waals surface area contributed by atoms with Crippen LogP contribution in [-0.2, 0) is 30.3 Å². The van der Waals surface area contributed by atoms with Gasteiger partial charge in [-0.05, 0) is 125 Å². The molecule has 1 fully saturated rings. The summed E-state index contributed by atoms with van der Waals surface area (Å²) in [7, 11) is 0. The Hall–Kier alpha value is -6.86. The van der Waals surface area contributed by atoms with Gasteiger partial charge < -0.3 is 40.3 Å². The molecule has 332 valence electrons. The van der Waals surface area contributed by atoms with Crippen LogP contribution < -0.4 is 20.9 Å².